The number of sulfonamides is 1. The fourth-order valence-electron chi connectivity index (χ4n) is 1.42. The van der Waals surface area contributed by atoms with Crippen molar-refractivity contribution in [2.24, 2.45) is 0 Å². The predicted molar refractivity (Wildman–Crippen MR) is 80.5 cm³/mol. The van der Waals surface area contributed by atoms with Crippen molar-refractivity contribution in [3.05, 3.63) is 29.6 Å². The molecule has 1 atom stereocenters. The molecule has 8 heteroatoms. The SMILES string of the molecule is CCC(C)Nc1ccc(NS(=O)(=O)c2cccs2)nn1. The van der Waals surface area contributed by atoms with Gasteiger partial charge in [-0.1, -0.05) is 13.0 Å². The Labute approximate surface area is 122 Å². The Morgan fingerprint density at radius 3 is 2.50 bits per heavy atom. The summed E-state index contributed by atoms with van der Waals surface area (Å²) < 4.78 is 26.6. The summed E-state index contributed by atoms with van der Waals surface area (Å²) in [7, 11) is -3.56. The number of nitrogens with zero attached hydrogens (tertiary/aromatic N) is 2. The van der Waals surface area contributed by atoms with Gasteiger partial charge in [-0.3, -0.25) is 4.72 Å². The van der Waals surface area contributed by atoms with E-state index in [0.29, 0.717) is 5.82 Å². The van der Waals surface area contributed by atoms with Gasteiger partial charge >= 0.3 is 0 Å². The molecule has 0 fully saturated rings. The van der Waals surface area contributed by atoms with Crippen LogP contribution in [0.2, 0.25) is 0 Å². The molecule has 20 heavy (non-hydrogen) atoms. The van der Waals surface area contributed by atoms with Crippen molar-refractivity contribution >= 4 is 33.0 Å². The Bertz CT molecular complexity index is 639. The molecule has 0 aliphatic carbocycles. The molecule has 2 N–H and O–H groups in total. The minimum absolute atomic E-state index is 0.202. The van der Waals surface area contributed by atoms with Crippen LogP contribution >= 0.6 is 11.3 Å². The maximum atomic E-state index is 12.0. The zero-order chi connectivity index (χ0) is 14.6. The number of rotatable bonds is 6. The van der Waals surface area contributed by atoms with Gasteiger partial charge in [-0.25, -0.2) is 8.42 Å². The number of aromatic nitrogens is 2. The highest BCUT2D eigenvalue weighted by Crippen LogP contribution is 2.19. The van der Waals surface area contributed by atoms with Crippen LogP contribution in [0.5, 0.6) is 0 Å². The van der Waals surface area contributed by atoms with Crippen LogP contribution in [0.3, 0.4) is 0 Å². The molecule has 0 aliphatic heterocycles. The quantitative estimate of drug-likeness (QED) is 0.856. The van der Waals surface area contributed by atoms with Gasteiger partial charge in [-0.15, -0.1) is 21.5 Å². The maximum Gasteiger partial charge on any atom is 0.272 e. The zero-order valence-corrected chi connectivity index (χ0v) is 12.8. The van der Waals surface area contributed by atoms with Crippen molar-refractivity contribution in [1.29, 1.82) is 0 Å². The normalized spacial score (nSPS) is 12.9. The first-order valence-corrected chi connectivity index (χ1v) is 8.54. The lowest BCUT2D eigenvalue weighted by Crippen LogP contribution is -2.16. The summed E-state index contributed by atoms with van der Waals surface area (Å²) in [5.74, 6) is 0.825. The lowest BCUT2D eigenvalue weighted by Gasteiger charge is -2.11. The van der Waals surface area contributed by atoms with Crippen LogP contribution in [0, 0.1) is 0 Å². The molecule has 2 heterocycles. The molecular formula is C12H16N4O2S2. The first kappa shape index (κ1) is 14.7. The van der Waals surface area contributed by atoms with Crippen molar-refractivity contribution in [2.75, 3.05) is 10.0 Å². The first-order valence-electron chi connectivity index (χ1n) is 6.18. The van der Waals surface area contributed by atoms with Crippen LogP contribution in [0.4, 0.5) is 11.6 Å². The maximum absolute atomic E-state index is 12.0. The van der Waals surface area contributed by atoms with Crippen LogP contribution in [0.1, 0.15) is 20.3 Å². The second kappa shape index (κ2) is 6.19. The van der Waals surface area contributed by atoms with Gasteiger partial charge in [-0.05, 0) is 36.9 Å². The highest BCUT2D eigenvalue weighted by Gasteiger charge is 2.15. The van der Waals surface area contributed by atoms with E-state index in [9.17, 15) is 8.42 Å². The van der Waals surface area contributed by atoms with E-state index < -0.39 is 10.0 Å². The molecular weight excluding hydrogens is 296 g/mol. The zero-order valence-electron chi connectivity index (χ0n) is 11.2. The lowest BCUT2D eigenvalue weighted by atomic mass is 10.2. The van der Waals surface area contributed by atoms with Crippen molar-refractivity contribution < 1.29 is 8.42 Å². The van der Waals surface area contributed by atoms with Crippen molar-refractivity contribution in [2.45, 2.75) is 30.5 Å². The Morgan fingerprint density at radius 2 is 1.95 bits per heavy atom. The van der Waals surface area contributed by atoms with E-state index in [1.54, 1.807) is 29.6 Å². The topological polar surface area (TPSA) is 84.0 Å². The Balaban J connectivity index is 2.08. The van der Waals surface area contributed by atoms with Gasteiger partial charge < -0.3 is 5.32 Å². The van der Waals surface area contributed by atoms with E-state index in [4.69, 9.17) is 0 Å². The molecule has 0 aliphatic rings. The van der Waals surface area contributed by atoms with Gasteiger partial charge in [0.15, 0.2) is 5.82 Å². The van der Waals surface area contributed by atoms with Crippen LogP contribution in [0.25, 0.3) is 0 Å². The highest BCUT2D eigenvalue weighted by atomic mass is 32.2. The van der Waals surface area contributed by atoms with Gasteiger partial charge in [0.05, 0.1) is 0 Å². The average Bonchev–Trinajstić information content (AvgIpc) is 2.95. The predicted octanol–water partition coefficient (Wildman–Crippen LogP) is 2.55. The van der Waals surface area contributed by atoms with E-state index in [0.717, 1.165) is 17.8 Å². The first-order chi connectivity index (χ1) is 9.51. The summed E-state index contributed by atoms with van der Waals surface area (Å²) in [6.45, 7) is 4.10. The molecule has 0 saturated heterocycles. The highest BCUT2D eigenvalue weighted by molar-refractivity contribution is 7.94. The number of hydrogen-bond acceptors (Lipinski definition) is 6. The molecule has 0 bridgehead atoms. The number of nitrogens with one attached hydrogen (secondary N) is 2. The summed E-state index contributed by atoms with van der Waals surface area (Å²) in [6.07, 6.45) is 0.967. The number of thiophene rings is 1. The third kappa shape index (κ3) is 3.67. The van der Waals surface area contributed by atoms with E-state index in [1.165, 1.54) is 0 Å². The van der Waals surface area contributed by atoms with Gasteiger partial charge in [0, 0.05) is 6.04 Å². The molecule has 0 spiro atoms. The minimum atomic E-state index is -3.56. The molecule has 2 aromatic heterocycles. The molecule has 0 saturated carbocycles. The summed E-state index contributed by atoms with van der Waals surface area (Å²) in [5, 5.41) is 12.7. The third-order valence-electron chi connectivity index (χ3n) is 2.67. The van der Waals surface area contributed by atoms with Crippen LogP contribution in [-0.4, -0.2) is 24.7 Å². The van der Waals surface area contributed by atoms with Gasteiger partial charge in [0.1, 0.15) is 10.0 Å². The Kier molecular flexibility index (Phi) is 4.56. The molecule has 0 aromatic carbocycles. The van der Waals surface area contributed by atoms with E-state index >= 15 is 0 Å². The van der Waals surface area contributed by atoms with Gasteiger partial charge in [0.25, 0.3) is 10.0 Å². The number of anilines is 2. The standard InChI is InChI=1S/C12H16N4O2S2/c1-3-9(2)13-10-6-7-11(15-14-10)16-20(17,18)12-5-4-8-19-12/h4-9H,3H2,1-2H3,(H,13,14)(H,15,16). The van der Waals surface area contributed by atoms with Crippen LogP contribution < -0.4 is 10.0 Å². The van der Waals surface area contributed by atoms with Gasteiger partial charge in [0.2, 0.25) is 0 Å². The Morgan fingerprint density at radius 1 is 1.25 bits per heavy atom. The minimum Gasteiger partial charge on any atom is -0.366 e. The van der Waals surface area contributed by atoms with E-state index in [-0.39, 0.29) is 16.1 Å². The van der Waals surface area contributed by atoms with Crippen LogP contribution in [0.15, 0.2) is 33.9 Å². The molecule has 6 nitrogen and oxygen atoms in total. The fraction of sp³-hybridized carbons (Fsp3) is 0.333. The molecule has 0 radical (unpaired) electrons. The molecule has 2 rings (SSSR count). The average molecular weight is 312 g/mol. The smallest absolute Gasteiger partial charge is 0.272 e. The van der Waals surface area contributed by atoms with Crippen molar-refractivity contribution in [3.8, 4) is 0 Å². The molecule has 2 aromatic rings. The van der Waals surface area contributed by atoms with E-state index in [2.05, 4.69) is 27.2 Å². The summed E-state index contributed by atoms with van der Waals surface area (Å²) >= 11 is 1.15. The largest absolute Gasteiger partial charge is 0.366 e. The summed E-state index contributed by atoms with van der Waals surface area (Å²) in [4.78, 5) is 0. The lowest BCUT2D eigenvalue weighted by molar-refractivity contribution is 0.603. The summed E-state index contributed by atoms with van der Waals surface area (Å²) in [5.41, 5.74) is 0. The third-order valence-corrected chi connectivity index (χ3v) is 5.42. The molecule has 0 amide bonds. The van der Waals surface area contributed by atoms with Crippen molar-refractivity contribution in [1.82, 2.24) is 10.2 Å². The van der Waals surface area contributed by atoms with Crippen LogP contribution in [-0.2, 0) is 10.0 Å². The number of hydrogen-bond donors (Lipinski definition) is 2. The van der Waals surface area contributed by atoms with Gasteiger partial charge in [-0.2, -0.15) is 0 Å². The Hall–Kier alpha value is -1.67. The molecule has 1 unspecified atom stereocenters. The monoisotopic (exact) mass is 312 g/mol. The fourth-order valence-corrected chi connectivity index (χ4v) is 3.41. The van der Waals surface area contributed by atoms with Crippen molar-refractivity contribution in [3.63, 3.8) is 0 Å². The second-order valence-corrected chi connectivity index (χ2v) is 7.15. The molecule has 108 valence electrons. The summed E-state index contributed by atoms with van der Waals surface area (Å²) in [6, 6.07) is 6.80. The second-order valence-electron chi connectivity index (χ2n) is 4.30. The van der Waals surface area contributed by atoms with E-state index in [1.807, 2.05) is 6.92 Å².